The quantitative estimate of drug-likeness (QED) is 0.656. The first kappa shape index (κ1) is 21.5. The maximum atomic E-state index is 13.2. The van der Waals surface area contributed by atoms with Crippen molar-refractivity contribution in [3.63, 3.8) is 0 Å². The van der Waals surface area contributed by atoms with E-state index >= 15 is 0 Å². The van der Waals surface area contributed by atoms with E-state index in [4.69, 9.17) is 4.98 Å². The number of rotatable bonds is 5. The van der Waals surface area contributed by atoms with Crippen LogP contribution in [0, 0.1) is 0 Å². The molecule has 0 radical (unpaired) electrons. The van der Waals surface area contributed by atoms with E-state index in [0.29, 0.717) is 31.8 Å². The molecule has 7 nitrogen and oxygen atoms in total. The molecule has 1 amide bonds. The summed E-state index contributed by atoms with van der Waals surface area (Å²) in [6.07, 6.45) is 7.48. The van der Waals surface area contributed by atoms with E-state index < -0.39 is 0 Å². The van der Waals surface area contributed by atoms with Gasteiger partial charge in [0.2, 0.25) is 5.91 Å². The lowest BCUT2D eigenvalue weighted by atomic mass is 9.99. The van der Waals surface area contributed by atoms with Gasteiger partial charge in [-0.3, -0.25) is 19.5 Å². The third-order valence-corrected chi connectivity index (χ3v) is 6.66. The zero-order valence-corrected chi connectivity index (χ0v) is 18.7. The monoisotopic (exact) mass is 443 g/mol. The van der Waals surface area contributed by atoms with Gasteiger partial charge in [0.05, 0.1) is 18.2 Å². The van der Waals surface area contributed by atoms with E-state index in [1.54, 1.807) is 12.4 Å². The molecule has 4 heterocycles. The second kappa shape index (κ2) is 9.67. The van der Waals surface area contributed by atoms with Crippen LogP contribution in [0.5, 0.6) is 0 Å². The van der Waals surface area contributed by atoms with Crippen LogP contribution in [-0.4, -0.2) is 43.7 Å². The highest BCUT2D eigenvalue weighted by molar-refractivity contribution is 5.79. The van der Waals surface area contributed by atoms with Gasteiger partial charge in [-0.05, 0) is 48.9 Å². The van der Waals surface area contributed by atoms with Crippen molar-refractivity contribution >= 4 is 5.91 Å². The Bertz CT molecular complexity index is 1160. The van der Waals surface area contributed by atoms with Gasteiger partial charge in [0.1, 0.15) is 5.82 Å². The summed E-state index contributed by atoms with van der Waals surface area (Å²) in [6, 6.07) is 13.7. The average Bonchev–Trinajstić information content (AvgIpc) is 2.85. The molecule has 5 rings (SSSR count). The van der Waals surface area contributed by atoms with E-state index in [2.05, 4.69) is 14.9 Å². The van der Waals surface area contributed by atoms with Gasteiger partial charge >= 0.3 is 0 Å². The number of nitrogens with one attached hydrogen (secondary N) is 1. The molecule has 1 atom stereocenters. The number of hydrogen-bond donors (Lipinski definition) is 1. The largest absolute Gasteiger partial charge is 0.332 e. The maximum absolute atomic E-state index is 13.2. The number of carbonyl (C=O) groups is 1. The van der Waals surface area contributed by atoms with Crippen LogP contribution in [0.15, 0.2) is 59.7 Å². The SMILES string of the molecule is O=C(Cc1ccccc1)N1CCCCC1c1nc2c(c(=O)[nH]1)CCN(Cc1ccncc1)C2. The molecule has 1 saturated heterocycles. The molecule has 0 aliphatic carbocycles. The lowest BCUT2D eigenvalue weighted by Crippen LogP contribution is -2.42. The summed E-state index contributed by atoms with van der Waals surface area (Å²) in [5.74, 6) is 0.719. The Morgan fingerprint density at radius 2 is 1.85 bits per heavy atom. The predicted molar refractivity (Wildman–Crippen MR) is 125 cm³/mol. The van der Waals surface area contributed by atoms with Crippen molar-refractivity contribution in [1.82, 2.24) is 24.8 Å². The molecule has 2 aromatic heterocycles. The zero-order valence-electron chi connectivity index (χ0n) is 18.7. The Labute approximate surface area is 193 Å². The Balaban J connectivity index is 1.37. The van der Waals surface area contributed by atoms with E-state index in [1.807, 2.05) is 47.4 Å². The fraction of sp³-hybridized carbons (Fsp3) is 0.385. The number of hydrogen-bond acceptors (Lipinski definition) is 5. The number of fused-ring (bicyclic) bond motifs is 1. The van der Waals surface area contributed by atoms with Crippen LogP contribution < -0.4 is 5.56 Å². The number of aromatic amines is 1. The average molecular weight is 444 g/mol. The number of pyridine rings is 1. The first-order valence-electron chi connectivity index (χ1n) is 11.7. The molecule has 1 aromatic carbocycles. The summed E-state index contributed by atoms with van der Waals surface area (Å²) in [6.45, 7) is 2.96. The minimum Gasteiger partial charge on any atom is -0.332 e. The smallest absolute Gasteiger partial charge is 0.254 e. The molecule has 3 aromatic rings. The van der Waals surface area contributed by atoms with E-state index in [1.165, 1.54) is 5.56 Å². The van der Waals surface area contributed by atoms with Crippen LogP contribution in [0.25, 0.3) is 0 Å². The minimum absolute atomic E-state index is 0.0559. The molecule has 1 fully saturated rings. The number of piperidine rings is 1. The van der Waals surface area contributed by atoms with Crippen molar-refractivity contribution in [2.75, 3.05) is 13.1 Å². The molecule has 7 heteroatoms. The second-order valence-corrected chi connectivity index (χ2v) is 8.95. The Morgan fingerprint density at radius 1 is 1.03 bits per heavy atom. The lowest BCUT2D eigenvalue weighted by molar-refractivity contribution is -0.134. The molecule has 33 heavy (non-hydrogen) atoms. The maximum Gasteiger partial charge on any atom is 0.254 e. The highest BCUT2D eigenvalue weighted by Gasteiger charge is 2.31. The number of amides is 1. The molecule has 0 saturated carbocycles. The van der Waals surface area contributed by atoms with E-state index in [9.17, 15) is 9.59 Å². The summed E-state index contributed by atoms with van der Waals surface area (Å²) >= 11 is 0. The van der Waals surface area contributed by atoms with Crippen molar-refractivity contribution in [2.45, 2.75) is 51.2 Å². The van der Waals surface area contributed by atoms with Crippen molar-refractivity contribution in [1.29, 1.82) is 0 Å². The topological polar surface area (TPSA) is 82.2 Å². The van der Waals surface area contributed by atoms with Crippen LogP contribution in [0.1, 0.15) is 53.5 Å². The van der Waals surface area contributed by atoms with E-state index in [0.717, 1.165) is 49.2 Å². The van der Waals surface area contributed by atoms with Crippen LogP contribution >= 0.6 is 0 Å². The molecule has 1 N–H and O–H groups in total. The molecular formula is C26H29N5O2. The zero-order chi connectivity index (χ0) is 22.6. The van der Waals surface area contributed by atoms with Crippen LogP contribution in [0.3, 0.4) is 0 Å². The Morgan fingerprint density at radius 3 is 2.67 bits per heavy atom. The van der Waals surface area contributed by atoms with Gasteiger partial charge in [-0.25, -0.2) is 4.98 Å². The number of benzene rings is 1. The molecule has 2 aliphatic heterocycles. The number of H-pyrrole nitrogens is 1. The molecule has 2 aliphatic rings. The molecular weight excluding hydrogens is 414 g/mol. The summed E-state index contributed by atoms with van der Waals surface area (Å²) < 4.78 is 0. The van der Waals surface area contributed by atoms with Crippen LogP contribution in [-0.2, 0) is 30.7 Å². The summed E-state index contributed by atoms with van der Waals surface area (Å²) in [7, 11) is 0. The van der Waals surface area contributed by atoms with E-state index in [-0.39, 0.29) is 17.5 Å². The Hall–Kier alpha value is -3.32. The van der Waals surface area contributed by atoms with Crippen molar-refractivity contribution in [2.24, 2.45) is 0 Å². The van der Waals surface area contributed by atoms with Crippen molar-refractivity contribution in [3.8, 4) is 0 Å². The predicted octanol–water partition coefficient (Wildman–Crippen LogP) is 3.02. The molecule has 0 bridgehead atoms. The van der Waals surface area contributed by atoms with Crippen LogP contribution in [0.4, 0.5) is 0 Å². The fourth-order valence-electron chi connectivity index (χ4n) is 4.94. The number of carbonyl (C=O) groups excluding carboxylic acids is 1. The minimum atomic E-state index is -0.177. The Kier molecular flexibility index (Phi) is 6.30. The first-order chi connectivity index (χ1) is 16.2. The summed E-state index contributed by atoms with van der Waals surface area (Å²) in [4.78, 5) is 42.4. The number of likely N-dealkylation sites (tertiary alicyclic amines) is 1. The fourth-order valence-corrected chi connectivity index (χ4v) is 4.94. The highest BCUT2D eigenvalue weighted by Crippen LogP contribution is 2.30. The van der Waals surface area contributed by atoms with Gasteiger partial charge in [-0.2, -0.15) is 0 Å². The lowest BCUT2D eigenvalue weighted by Gasteiger charge is -2.36. The van der Waals surface area contributed by atoms with Gasteiger partial charge in [0.25, 0.3) is 5.56 Å². The van der Waals surface area contributed by atoms with Gasteiger partial charge < -0.3 is 9.88 Å². The van der Waals surface area contributed by atoms with Crippen LogP contribution in [0.2, 0.25) is 0 Å². The highest BCUT2D eigenvalue weighted by atomic mass is 16.2. The van der Waals surface area contributed by atoms with Gasteiger partial charge in [0, 0.05) is 44.1 Å². The number of nitrogens with zero attached hydrogens (tertiary/aromatic N) is 4. The van der Waals surface area contributed by atoms with Gasteiger partial charge in [-0.15, -0.1) is 0 Å². The molecule has 0 spiro atoms. The standard InChI is InChI=1S/C26H29N5O2/c32-24(16-19-6-2-1-3-7-19)31-14-5-4-8-23(31)25-28-22-18-30(15-11-21(22)26(33)29-25)17-20-9-12-27-13-10-20/h1-3,6-7,9-10,12-13,23H,4-5,8,11,14-18H2,(H,28,29,33). The third-order valence-electron chi connectivity index (χ3n) is 6.66. The molecule has 170 valence electrons. The van der Waals surface area contributed by atoms with Gasteiger partial charge in [-0.1, -0.05) is 30.3 Å². The summed E-state index contributed by atoms with van der Waals surface area (Å²) in [5, 5.41) is 0. The van der Waals surface area contributed by atoms with Crippen molar-refractivity contribution < 1.29 is 4.79 Å². The third kappa shape index (κ3) is 4.88. The molecule has 1 unspecified atom stereocenters. The van der Waals surface area contributed by atoms with Crippen molar-refractivity contribution in [3.05, 3.63) is 93.4 Å². The van der Waals surface area contributed by atoms with Gasteiger partial charge in [0.15, 0.2) is 0 Å². The first-order valence-corrected chi connectivity index (χ1v) is 11.7. The second-order valence-electron chi connectivity index (χ2n) is 8.95. The number of aromatic nitrogens is 3. The summed E-state index contributed by atoms with van der Waals surface area (Å²) in [5.41, 5.74) is 3.77. The normalized spacial score (nSPS) is 18.7.